The van der Waals surface area contributed by atoms with Gasteiger partial charge in [0.2, 0.25) is 0 Å². The minimum atomic E-state index is -0.169. The van der Waals surface area contributed by atoms with E-state index in [1.54, 1.807) is 11.5 Å². The number of para-hydroxylation sites is 1. The molecule has 0 N–H and O–H groups in total. The fraction of sp³-hybridized carbons (Fsp3) is 0.214. The van der Waals surface area contributed by atoms with Crippen LogP contribution in [-0.2, 0) is 13.6 Å². The highest BCUT2D eigenvalue weighted by Crippen LogP contribution is 2.18. The molecule has 3 rings (SSSR count). The molecule has 102 valence electrons. The van der Waals surface area contributed by atoms with Gasteiger partial charge >= 0.3 is 0 Å². The number of rotatable bonds is 2. The number of hydrogen-bond acceptors (Lipinski definition) is 3. The molecule has 0 amide bonds. The van der Waals surface area contributed by atoms with Crippen LogP contribution < -0.4 is 5.56 Å². The van der Waals surface area contributed by atoms with Crippen molar-refractivity contribution in [3.63, 3.8) is 0 Å². The molecule has 0 saturated carbocycles. The van der Waals surface area contributed by atoms with Gasteiger partial charge in [0, 0.05) is 18.5 Å². The van der Waals surface area contributed by atoms with Crippen LogP contribution in [0, 0.1) is 6.92 Å². The standard InChI is InChI=1S/C14H13ClN4O/c1-9-16-13(15)7-14(20)19(9)8-11-10-5-3-4-6-12(10)18(2)17-11/h3-7H,8H2,1-2H3. The van der Waals surface area contributed by atoms with Crippen molar-refractivity contribution in [1.29, 1.82) is 0 Å². The number of aromatic nitrogens is 4. The molecule has 1 aromatic carbocycles. The second-order valence-corrected chi connectivity index (χ2v) is 5.03. The van der Waals surface area contributed by atoms with Gasteiger partial charge in [-0.15, -0.1) is 0 Å². The molecule has 2 aromatic heterocycles. The first kappa shape index (κ1) is 12.9. The van der Waals surface area contributed by atoms with E-state index < -0.39 is 0 Å². The van der Waals surface area contributed by atoms with Crippen LogP contribution in [0.25, 0.3) is 10.9 Å². The van der Waals surface area contributed by atoms with Crippen LogP contribution in [-0.4, -0.2) is 19.3 Å². The topological polar surface area (TPSA) is 52.7 Å². The van der Waals surface area contributed by atoms with Crippen molar-refractivity contribution in [2.75, 3.05) is 0 Å². The molecule has 20 heavy (non-hydrogen) atoms. The van der Waals surface area contributed by atoms with Gasteiger partial charge in [-0.2, -0.15) is 5.10 Å². The lowest BCUT2D eigenvalue weighted by molar-refractivity contribution is 0.667. The second-order valence-electron chi connectivity index (χ2n) is 4.64. The Morgan fingerprint density at radius 1 is 1.30 bits per heavy atom. The number of nitrogens with zero attached hydrogens (tertiary/aromatic N) is 4. The molecule has 0 radical (unpaired) electrons. The zero-order valence-electron chi connectivity index (χ0n) is 11.2. The van der Waals surface area contributed by atoms with Gasteiger partial charge < -0.3 is 0 Å². The van der Waals surface area contributed by atoms with Crippen LogP contribution in [0.1, 0.15) is 11.5 Å². The fourth-order valence-electron chi connectivity index (χ4n) is 2.33. The number of halogens is 1. The van der Waals surface area contributed by atoms with Crippen LogP contribution in [0.3, 0.4) is 0 Å². The predicted molar refractivity (Wildman–Crippen MR) is 78.1 cm³/mol. The van der Waals surface area contributed by atoms with Crippen LogP contribution in [0.15, 0.2) is 35.1 Å². The maximum Gasteiger partial charge on any atom is 0.255 e. The van der Waals surface area contributed by atoms with E-state index in [9.17, 15) is 4.79 Å². The normalized spacial score (nSPS) is 11.2. The molecule has 0 aliphatic rings. The first-order chi connectivity index (χ1) is 9.56. The average molecular weight is 289 g/mol. The van der Waals surface area contributed by atoms with Crippen molar-refractivity contribution in [1.82, 2.24) is 19.3 Å². The molecular weight excluding hydrogens is 276 g/mol. The van der Waals surface area contributed by atoms with Gasteiger partial charge in [0.1, 0.15) is 11.0 Å². The summed E-state index contributed by atoms with van der Waals surface area (Å²) in [4.78, 5) is 16.1. The number of hydrogen-bond donors (Lipinski definition) is 0. The Labute approximate surface area is 120 Å². The van der Waals surface area contributed by atoms with Crippen molar-refractivity contribution in [2.45, 2.75) is 13.5 Å². The first-order valence-corrected chi connectivity index (χ1v) is 6.58. The Balaban J connectivity index is 2.13. The van der Waals surface area contributed by atoms with Gasteiger partial charge in [0.25, 0.3) is 5.56 Å². The van der Waals surface area contributed by atoms with Crippen molar-refractivity contribution in [2.24, 2.45) is 7.05 Å². The highest BCUT2D eigenvalue weighted by atomic mass is 35.5. The van der Waals surface area contributed by atoms with Gasteiger partial charge in [-0.1, -0.05) is 29.8 Å². The molecule has 3 aromatic rings. The third-order valence-corrected chi connectivity index (χ3v) is 3.50. The lowest BCUT2D eigenvalue weighted by Gasteiger charge is -2.07. The number of benzene rings is 1. The fourth-order valence-corrected chi connectivity index (χ4v) is 2.55. The summed E-state index contributed by atoms with van der Waals surface area (Å²) in [5, 5.41) is 5.74. The van der Waals surface area contributed by atoms with E-state index in [1.807, 2.05) is 36.0 Å². The quantitative estimate of drug-likeness (QED) is 0.679. The summed E-state index contributed by atoms with van der Waals surface area (Å²) in [6.45, 7) is 2.15. The van der Waals surface area contributed by atoms with E-state index in [1.165, 1.54) is 6.07 Å². The van der Waals surface area contributed by atoms with Crippen LogP contribution in [0.4, 0.5) is 0 Å². The monoisotopic (exact) mass is 288 g/mol. The lowest BCUT2D eigenvalue weighted by atomic mass is 10.2. The number of fused-ring (bicyclic) bond motifs is 1. The van der Waals surface area contributed by atoms with Crippen LogP contribution in [0.5, 0.6) is 0 Å². The Kier molecular flexibility index (Phi) is 3.06. The zero-order valence-corrected chi connectivity index (χ0v) is 11.9. The molecule has 0 bridgehead atoms. The first-order valence-electron chi connectivity index (χ1n) is 6.21. The molecule has 0 aliphatic heterocycles. The molecule has 0 fully saturated rings. The minimum Gasteiger partial charge on any atom is -0.291 e. The van der Waals surface area contributed by atoms with Crippen molar-refractivity contribution in [3.8, 4) is 0 Å². The third kappa shape index (κ3) is 2.10. The minimum absolute atomic E-state index is 0.169. The van der Waals surface area contributed by atoms with Crippen molar-refractivity contribution < 1.29 is 0 Å². The molecular formula is C14H13ClN4O. The van der Waals surface area contributed by atoms with Crippen LogP contribution in [0.2, 0.25) is 5.15 Å². The van der Waals surface area contributed by atoms with Gasteiger partial charge in [-0.25, -0.2) is 4.98 Å². The molecule has 0 unspecified atom stereocenters. The SMILES string of the molecule is Cc1nc(Cl)cc(=O)n1Cc1nn(C)c2ccccc12. The number of aryl methyl sites for hydroxylation is 2. The van der Waals surface area contributed by atoms with Crippen molar-refractivity contribution >= 4 is 22.5 Å². The van der Waals surface area contributed by atoms with E-state index in [4.69, 9.17) is 11.6 Å². The van der Waals surface area contributed by atoms with Gasteiger partial charge in [0.15, 0.2) is 0 Å². The van der Waals surface area contributed by atoms with E-state index in [-0.39, 0.29) is 10.7 Å². The summed E-state index contributed by atoms with van der Waals surface area (Å²) >= 11 is 5.78. The maximum absolute atomic E-state index is 12.0. The Morgan fingerprint density at radius 2 is 2.05 bits per heavy atom. The Hall–Kier alpha value is -2.14. The van der Waals surface area contributed by atoms with Gasteiger partial charge in [-0.3, -0.25) is 14.0 Å². The Bertz CT molecular complexity index is 850. The maximum atomic E-state index is 12.0. The largest absolute Gasteiger partial charge is 0.291 e. The van der Waals surface area contributed by atoms with E-state index >= 15 is 0 Å². The van der Waals surface area contributed by atoms with Crippen molar-refractivity contribution in [3.05, 3.63) is 57.4 Å². The second kappa shape index (κ2) is 4.76. The molecule has 5 nitrogen and oxygen atoms in total. The smallest absolute Gasteiger partial charge is 0.255 e. The Morgan fingerprint density at radius 3 is 2.80 bits per heavy atom. The molecule has 0 spiro atoms. The van der Waals surface area contributed by atoms with Gasteiger partial charge in [0.05, 0.1) is 17.8 Å². The van der Waals surface area contributed by atoms with Crippen LogP contribution >= 0.6 is 11.6 Å². The average Bonchev–Trinajstić information content (AvgIpc) is 2.71. The third-order valence-electron chi connectivity index (χ3n) is 3.31. The lowest BCUT2D eigenvalue weighted by Crippen LogP contribution is -2.23. The predicted octanol–water partition coefficient (Wildman–Crippen LogP) is 2.14. The highest BCUT2D eigenvalue weighted by molar-refractivity contribution is 6.29. The van der Waals surface area contributed by atoms with E-state index in [0.29, 0.717) is 12.4 Å². The zero-order chi connectivity index (χ0) is 14.3. The summed E-state index contributed by atoms with van der Waals surface area (Å²) in [5.41, 5.74) is 1.71. The van der Waals surface area contributed by atoms with Gasteiger partial charge in [-0.05, 0) is 13.0 Å². The molecule has 0 atom stereocenters. The molecule has 0 saturated heterocycles. The highest BCUT2D eigenvalue weighted by Gasteiger charge is 2.11. The molecule has 6 heteroatoms. The molecule has 2 heterocycles. The summed E-state index contributed by atoms with van der Waals surface area (Å²) in [5.74, 6) is 0.581. The summed E-state index contributed by atoms with van der Waals surface area (Å²) in [6.07, 6.45) is 0. The van der Waals surface area contributed by atoms with E-state index in [0.717, 1.165) is 16.6 Å². The summed E-state index contributed by atoms with van der Waals surface area (Å²) in [6, 6.07) is 9.25. The van der Waals surface area contributed by atoms with E-state index in [2.05, 4.69) is 10.1 Å². The summed E-state index contributed by atoms with van der Waals surface area (Å²) in [7, 11) is 1.89. The summed E-state index contributed by atoms with van der Waals surface area (Å²) < 4.78 is 3.38. The molecule has 0 aliphatic carbocycles.